The number of nitrogens with zero attached hydrogens (tertiary/aromatic N) is 3. The molecule has 7 rings (SSSR count). The van der Waals surface area contributed by atoms with Gasteiger partial charge in [0.15, 0.2) is 0 Å². The maximum Gasteiger partial charge on any atom is 0.259 e. The summed E-state index contributed by atoms with van der Waals surface area (Å²) in [5, 5.41) is 5.61. The smallest absolute Gasteiger partial charge is 0.259 e. The zero-order chi connectivity index (χ0) is 39.3. The fraction of sp³-hybridized carbons (Fsp3) is 0.474. The Bertz CT molecular complexity index is 2200. The molecule has 2 aromatic carbocycles. The summed E-state index contributed by atoms with van der Waals surface area (Å²) in [4.78, 5) is 66.4. The van der Waals surface area contributed by atoms with Gasteiger partial charge < -0.3 is 20.3 Å². The maximum atomic E-state index is 14.5. The fourth-order valence-electron chi connectivity index (χ4n) is 7.21. The van der Waals surface area contributed by atoms with E-state index < -0.39 is 79.7 Å². The normalized spacial score (nSPS) is 26.5. The van der Waals surface area contributed by atoms with Crippen molar-refractivity contribution in [3.63, 3.8) is 0 Å². The van der Waals surface area contributed by atoms with Gasteiger partial charge in [0.25, 0.3) is 11.8 Å². The SMILES string of the molecule is Cc1nc2c(Br)cc(F)cc2nc1O[C@@H]1C[C@H]2C(=O)N[C@]3(C(=O)NS(=O)(=O)C4(C)CC4)C[C@H]3C=CCCCCC[C@H](NC(=O)c3ccc(F)cc3)C(=O)N2C1. The van der Waals surface area contributed by atoms with Crippen molar-refractivity contribution in [3.8, 4) is 5.88 Å². The van der Waals surface area contributed by atoms with Gasteiger partial charge in [-0.3, -0.25) is 23.9 Å². The third-order valence-corrected chi connectivity index (χ3v) is 13.7. The highest BCUT2D eigenvalue weighted by atomic mass is 79.9. The van der Waals surface area contributed by atoms with Crippen molar-refractivity contribution in [1.29, 1.82) is 0 Å². The minimum Gasteiger partial charge on any atom is -0.471 e. The van der Waals surface area contributed by atoms with Crippen molar-refractivity contribution in [2.75, 3.05) is 6.54 Å². The van der Waals surface area contributed by atoms with Crippen LogP contribution in [0.5, 0.6) is 5.88 Å². The first kappa shape index (κ1) is 38.8. The van der Waals surface area contributed by atoms with Crippen LogP contribution in [0.2, 0.25) is 0 Å². The first-order valence-corrected chi connectivity index (χ1v) is 20.6. The summed E-state index contributed by atoms with van der Waals surface area (Å²) < 4.78 is 62.0. The topological polar surface area (TPSA) is 177 Å². The van der Waals surface area contributed by atoms with E-state index >= 15 is 0 Å². The number of ether oxygens (including phenoxy) is 1. The van der Waals surface area contributed by atoms with Crippen LogP contribution in [0.4, 0.5) is 8.78 Å². The minimum absolute atomic E-state index is 0.0588. The number of rotatable bonds is 7. The number of hydrogen-bond acceptors (Lipinski definition) is 9. The number of allylic oxidation sites excluding steroid dienone is 1. The van der Waals surface area contributed by atoms with Crippen LogP contribution in [0.1, 0.15) is 80.8 Å². The molecule has 2 aliphatic heterocycles. The highest BCUT2D eigenvalue weighted by Crippen LogP contribution is 2.47. The number of aromatic nitrogens is 2. The molecule has 2 aliphatic carbocycles. The molecule has 0 unspecified atom stereocenters. The average Bonchev–Trinajstić information content (AvgIpc) is 4.01. The highest BCUT2D eigenvalue weighted by molar-refractivity contribution is 9.10. The molecule has 17 heteroatoms. The monoisotopic (exact) mass is 842 g/mol. The maximum absolute atomic E-state index is 14.5. The van der Waals surface area contributed by atoms with Crippen molar-refractivity contribution in [3.05, 3.63) is 75.9 Å². The Morgan fingerprint density at radius 3 is 2.53 bits per heavy atom. The summed E-state index contributed by atoms with van der Waals surface area (Å²) in [6, 6.07) is 5.08. The van der Waals surface area contributed by atoms with E-state index in [1.54, 1.807) is 13.8 Å². The number of carbonyl (C=O) groups excluding carboxylic acids is 4. The zero-order valence-electron chi connectivity index (χ0n) is 30.2. The largest absolute Gasteiger partial charge is 0.471 e. The van der Waals surface area contributed by atoms with Crippen LogP contribution < -0.4 is 20.1 Å². The Morgan fingerprint density at radius 2 is 1.80 bits per heavy atom. The fourth-order valence-corrected chi connectivity index (χ4v) is 9.04. The Balaban J connectivity index is 1.20. The molecule has 0 spiro atoms. The highest BCUT2D eigenvalue weighted by Gasteiger charge is 2.63. The van der Waals surface area contributed by atoms with E-state index in [0.29, 0.717) is 47.8 Å². The van der Waals surface area contributed by atoms with Crippen molar-refractivity contribution in [1.82, 2.24) is 30.2 Å². The lowest BCUT2D eigenvalue weighted by Crippen LogP contribution is -2.58. The number of amides is 4. The molecule has 3 aromatic rings. The lowest BCUT2D eigenvalue weighted by molar-refractivity contribution is -0.141. The second-order valence-electron chi connectivity index (χ2n) is 15.1. The summed E-state index contributed by atoms with van der Waals surface area (Å²) >= 11 is 3.31. The lowest BCUT2D eigenvalue weighted by atomic mass is 10.0. The molecule has 292 valence electrons. The van der Waals surface area contributed by atoms with Gasteiger partial charge in [-0.25, -0.2) is 27.2 Å². The van der Waals surface area contributed by atoms with Gasteiger partial charge in [0, 0.05) is 28.4 Å². The zero-order valence-corrected chi connectivity index (χ0v) is 32.6. The quantitative estimate of drug-likeness (QED) is 0.289. The Labute approximate surface area is 325 Å². The molecule has 4 aliphatic rings. The van der Waals surface area contributed by atoms with Crippen molar-refractivity contribution < 1.29 is 41.1 Å². The number of carbonyl (C=O) groups is 4. The van der Waals surface area contributed by atoms with Crippen molar-refractivity contribution in [2.24, 2.45) is 5.92 Å². The van der Waals surface area contributed by atoms with Gasteiger partial charge in [0.05, 0.1) is 16.8 Å². The van der Waals surface area contributed by atoms with Gasteiger partial charge in [0.2, 0.25) is 27.7 Å². The first-order valence-electron chi connectivity index (χ1n) is 18.3. The van der Waals surface area contributed by atoms with E-state index in [1.807, 2.05) is 12.2 Å². The van der Waals surface area contributed by atoms with E-state index in [0.717, 1.165) is 18.6 Å². The van der Waals surface area contributed by atoms with Crippen molar-refractivity contribution >= 4 is 60.6 Å². The molecule has 3 fully saturated rings. The van der Waals surface area contributed by atoms with Gasteiger partial charge in [-0.2, -0.15) is 0 Å². The lowest BCUT2D eigenvalue weighted by Gasteiger charge is -2.30. The van der Waals surface area contributed by atoms with Crippen LogP contribution in [0.25, 0.3) is 11.0 Å². The number of sulfonamides is 1. The number of benzene rings is 2. The van der Waals surface area contributed by atoms with Gasteiger partial charge in [-0.05, 0) is 98.6 Å². The predicted molar refractivity (Wildman–Crippen MR) is 200 cm³/mol. The van der Waals surface area contributed by atoms with E-state index in [9.17, 15) is 36.4 Å². The number of halogens is 3. The standard InChI is InChI=1S/C38H41BrF2N6O7S/c1-21-34(44-29-17-25(41)16-27(39)31(29)42-21)54-26-18-30-33(49)45-38(36(51)46-55(52,53)37(2)14-15-37)19-23(38)8-6-4-3-5-7-9-28(35(50)47(30)20-26)43-32(48)22-10-12-24(40)13-11-22/h6,8,10-13,16-17,23,26,28,30H,3-5,7,9,14-15,18-20H2,1-2H3,(H,43,48)(H,45,49)(H,46,51)/t23-,26-,28+,30+,38-/m1/s1. The molecule has 3 heterocycles. The first-order chi connectivity index (χ1) is 26.1. The summed E-state index contributed by atoms with van der Waals surface area (Å²) in [5.41, 5.74) is -0.433. The van der Waals surface area contributed by atoms with Crippen LogP contribution in [-0.4, -0.2) is 81.9 Å². The second-order valence-corrected chi connectivity index (χ2v) is 18.2. The molecule has 2 saturated carbocycles. The molecule has 3 N–H and O–H groups in total. The number of fused-ring (bicyclic) bond motifs is 3. The van der Waals surface area contributed by atoms with Crippen LogP contribution >= 0.6 is 15.9 Å². The Kier molecular flexibility index (Phi) is 10.5. The van der Waals surface area contributed by atoms with E-state index in [2.05, 4.69) is 41.3 Å². The number of hydrogen-bond donors (Lipinski definition) is 3. The average molecular weight is 844 g/mol. The Morgan fingerprint density at radius 1 is 1.05 bits per heavy atom. The Hall–Kier alpha value is -4.51. The van der Waals surface area contributed by atoms with Gasteiger partial charge in [-0.1, -0.05) is 25.0 Å². The summed E-state index contributed by atoms with van der Waals surface area (Å²) in [6.07, 6.45) is 6.70. The molecule has 0 radical (unpaired) electrons. The van der Waals surface area contributed by atoms with Gasteiger partial charge in [0.1, 0.15) is 46.6 Å². The molecule has 4 amide bonds. The minimum atomic E-state index is -4.03. The number of aryl methyl sites for hydroxylation is 1. The molecule has 13 nitrogen and oxygen atoms in total. The predicted octanol–water partition coefficient (Wildman–Crippen LogP) is 4.52. The summed E-state index contributed by atoms with van der Waals surface area (Å²) in [7, 11) is -4.03. The molecule has 1 aromatic heterocycles. The second kappa shape index (κ2) is 14.9. The van der Waals surface area contributed by atoms with Crippen LogP contribution in [0, 0.1) is 24.5 Å². The summed E-state index contributed by atoms with van der Waals surface area (Å²) in [6.45, 7) is 3.09. The van der Waals surface area contributed by atoms with E-state index in [-0.39, 0.29) is 42.8 Å². The van der Waals surface area contributed by atoms with E-state index in [4.69, 9.17) is 4.74 Å². The molecular weight excluding hydrogens is 802 g/mol. The third kappa shape index (κ3) is 7.95. The van der Waals surface area contributed by atoms with Crippen LogP contribution in [-0.2, 0) is 24.4 Å². The number of nitrogens with one attached hydrogen (secondary N) is 3. The molecule has 5 atom stereocenters. The summed E-state index contributed by atoms with van der Waals surface area (Å²) in [5.74, 6) is -4.22. The van der Waals surface area contributed by atoms with Crippen LogP contribution in [0.15, 0.2) is 53.0 Å². The van der Waals surface area contributed by atoms with Crippen molar-refractivity contribution in [2.45, 2.75) is 100 Å². The van der Waals surface area contributed by atoms with Crippen LogP contribution in [0.3, 0.4) is 0 Å². The molecule has 55 heavy (non-hydrogen) atoms. The molecule has 1 saturated heterocycles. The third-order valence-electron chi connectivity index (χ3n) is 11.0. The van der Waals surface area contributed by atoms with Gasteiger partial charge in [-0.15, -0.1) is 0 Å². The molecular formula is C38H41BrF2N6O7S. The molecule has 0 bridgehead atoms. The van der Waals surface area contributed by atoms with Gasteiger partial charge >= 0.3 is 0 Å². The van der Waals surface area contributed by atoms with E-state index in [1.165, 1.54) is 29.2 Å².